The van der Waals surface area contributed by atoms with Crippen molar-refractivity contribution in [3.63, 3.8) is 0 Å². The van der Waals surface area contributed by atoms with E-state index in [0.29, 0.717) is 37.8 Å². The fourth-order valence-electron chi connectivity index (χ4n) is 4.26. The Kier molecular flexibility index (Phi) is 6.09. The predicted molar refractivity (Wildman–Crippen MR) is 116 cm³/mol. The summed E-state index contributed by atoms with van der Waals surface area (Å²) < 4.78 is 40.3. The molecule has 174 valence electrons. The molecule has 0 unspecified atom stereocenters. The summed E-state index contributed by atoms with van der Waals surface area (Å²) in [5, 5.41) is 4.68. The number of amides is 1. The van der Waals surface area contributed by atoms with E-state index >= 15 is 0 Å². The van der Waals surface area contributed by atoms with Crippen LogP contribution in [0.25, 0.3) is 0 Å². The molecule has 8 heteroatoms. The quantitative estimate of drug-likeness (QED) is 0.669. The van der Waals surface area contributed by atoms with Crippen LogP contribution in [0.3, 0.4) is 0 Å². The minimum atomic E-state index is -4.32. The largest absolute Gasteiger partial charge is 0.416 e. The molecule has 1 amide bonds. The Hall–Kier alpha value is -2.35. The van der Waals surface area contributed by atoms with Crippen LogP contribution < -0.4 is 0 Å². The summed E-state index contributed by atoms with van der Waals surface area (Å²) in [6.07, 6.45) is -1.20. The molecule has 1 aromatic carbocycles. The monoisotopic (exact) mass is 448 g/mol. The van der Waals surface area contributed by atoms with E-state index in [-0.39, 0.29) is 11.4 Å². The first-order valence-corrected chi connectivity index (χ1v) is 11.3. The van der Waals surface area contributed by atoms with Gasteiger partial charge in [0.1, 0.15) is 0 Å². The lowest BCUT2D eigenvalue weighted by Gasteiger charge is -2.23. The third-order valence-electron chi connectivity index (χ3n) is 6.15. The fourth-order valence-corrected chi connectivity index (χ4v) is 4.26. The molecule has 0 N–H and O–H groups in total. The van der Waals surface area contributed by atoms with Crippen LogP contribution in [0.4, 0.5) is 13.2 Å². The van der Waals surface area contributed by atoms with Crippen LogP contribution >= 0.6 is 0 Å². The van der Waals surface area contributed by atoms with E-state index in [9.17, 15) is 18.0 Å². The maximum atomic E-state index is 13.2. The summed E-state index contributed by atoms with van der Waals surface area (Å²) in [5.74, 6) is 0.470. The number of hydrogen-bond donors (Lipinski definition) is 0. The van der Waals surface area contributed by atoms with Crippen LogP contribution in [0.1, 0.15) is 73.3 Å². The highest BCUT2D eigenvalue weighted by Gasteiger charge is 2.34. The molecule has 1 aliphatic carbocycles. The van der Waals surface area contributed by atoms with Gasteiger partial charge in [-0.1, -0.05) is 12.1 Å². The smallest absolute Gasteiger partial charge is 0.336 e. The number of alkyl halides is 3. The lowest BCUT2D eigenvalue weighted by Crippen LogP contribution is -2.35. The minimum Gasteiger partial charge on any atom is -0.336 e. The average Bonchev–Trinajstić information content (AvgIpc) is 3.49. The van der Waals surface area contributed by atoms with Crippen LogP contribution in [0.2, 0.25) is 0 Å². The standard InChI is InChI=1S/C24H31F3N4O/c1-23(2,3)31-21(18-7-8-18)15-20(28-31)22(32)30-12-4-11-29(13-14-30)16-17-5-9-19(10-6-17)24(25,26)27/h5-6,9-10,15,18H,4,7-8,11-14,16H2,1-3H3. The van der Waals surface area contributed by atoms with Crippen LogP contribution in [0, 0.1) is 0 Å². The van der Waals surface area contributed by atoms with Gasteiger partial charge in [-0.05, 0) is 63.8 Å². The molecule has 2 aliphatic rings. The van der Waals surface area contributed by atoms with Gasteiger partial charge in [0.15, 0.2) is 5.69 Å². The first kappa shape index (κ1) is 22.8. The van der Waals surface area contributed by atoms with Crippen molar-refractivity contribution < 1.29 is 18.0 Å². The predicted octanol–water partition coefficient (Wildman–Crippen LogP) is 4.88. The molecule has 0 atom stereocenters. The maximum Gasteiger partial charge on any atom is 0.416 e. The van der Waals surface area contributed by atoms with Crippen molar-refractivity contribution in [1.29, 1.82) is 0 Å². The van der Waals surface area contributed by atoms with Crippen molar-refractivity contribution in [2.24, 2.45) is 0 Å². The Balaban J connectivity index is 1.39. The Morgan fingerprint density at radius 3 is 2.31 bits per heavy atom. The lowest BCUT2D eigenvalue weighted by molar-refractivity contribution is -0.137. The van der Waals surface area contributed by atoms with Gasteiger partial charge in [0, 0.05) is 44.3 Å². The summed E-state index contributed by atoms with van der Waals surface area (Å²) in [6.45, 7) is 9.60. The molecule has 2 fully saturated rings. The van der Waals surface area contributed by atoms with E-state index in [0.717, 1.165) is 49.2 Å². The van der Waals surface area contributed by atoms with E-state index in [1.54, 1.807) is 0 Å². The Labute approximate surface area is 187 Å². The van der Waals surface area contributed by atoms with Crippen LogP contribution in [0.15, 0.2) is 30.3 Å². The van der Waals surface area contributed by atoms with Gasteiger partial charge in [-0.15, -0.1) is 0 Å². The second kappa shape index (κ2) is 8.54. The molecule has 4 rings (SSSR count). The molecular weight excluding hydrogens is 417 g/mol. The minimum absolute atomic E-state index is 0.0359. The maximum absolute atomic E-state index is 13.2. The highest BCUT2D eigenvalue weighted by atomic mass is 19.4. The molecule has 1 saturated carbocycles. The Bertz CT molecular complexity index is 955. The summed E-state index contributed by atoms with van der Waals surface area (Å²) in [6, 6.07) is 7.30. The van der Waals surface area contributed by atoms with Gasteiger partial charge >= 0.3 is 6.18 Å². The van der Waals surface area contributed by atoms with Gasteiger partial charge in [-0.2, -0.15) is 18.3 Å². The van der Waals surface area contributed by atoms with E-state index in [1.165, 1.54) is 12.1 Å². The van der Waals surface area contributed by atoms with Crippen LogP contribution in [-0.2, 0) is 18.3 Å². The number of carbonyl (C=O) groups is 1. The van der Waals surface area contributed by atoms with Crippen molar-refractivity contribution >= 4 is 5.91 Å². The van der Waals surface area contributed by atoms with Crippen molar-refractivity contribution in [2.75, 3.05) is 26.2 Å². The zero-order chi connectivity index (χ0) is 23.1. The van der Waals surface area contributed by atoms with Crippen LogP contribution in [-0.4, -0.2) is 51.7 Å². The molecule has 2 heterocycles. The van der Waals surface area contributed by atoms with Gasteiger partial charge in [0.05, 0.1) is 11.1 Å². The molecule has 0 radical (unpaired) electrons. The van der Waals surface area contributed by atoms with E-state index in [2.05, 4.69) is 30.8 Å². The molecule has 5 nitrogen and oxygen atoms in total. The molecule has 1 aliphatic heterocycles. The van der Waals surface area contributed by atoms with Crippen molar-refractivity contribution in [1.82, 2.24) is 19.6 Å². The number of aromatic nitrogens is 2. The number of rotatable bonds is 4. The summed E-state index contributed by atoms with van der Waals surface area (Å²) in [7, 11) is 0. The second-order valence-corrected chi connectivity index (χ2v) is 9.93. The average molecular weight is 449 g/mol. The molecular formula is C24H31F3N4O. The van der Waals surface area contributed by atoms with Crippen molar-refractivity contribution in [3.8, 4) is 0 Å². The number of nitrogens with zero attached hydrogens (tertiary/aromatic N) is 4. The lowest BCUT2D eigenvalue weighted by atomic mass is 10.1. The molecule has 0 spiro atoms. The first-order valence-electron chi connectivity index (χ1n) is 11.3. The fraction of sp³-hybridized carbons (Fsp3) is 0.583. The Morgan fingerprint density at radius 2 is 1.72 bits per heavy atom. The first-order chi connectivity index (χ1) is 15.0. The van der Waals surface area contributed by atoms with E-state index in [4.69, 9.17) is 0 Å². The molecule has 0 bridgehead atoms. The van der Waals surface area contributed by atoms with Gasteiger partial charge in [0.25, 0.3) is 5.91 Å². The molecule has 1 aromatic heterocycles. The van der Waals surface area contributed by atoms with Crippen molar-refractivity contribution in [3.05, 3.63) is 52.8 Å². The van der Waals surface area contributed by atoms with Crippen molar-refractivity contribution in [2.45, 2.75) is 64.2 Å². The van der Waals surface area contributed by atoms with Gasteiger partial charge in [0.2, 0.25) is 0 Å². The summed E-state index contributed by atoms with van der Waals surface area (Å²) >= 11 is 0. The third kappa shape index (κ3) is 5.17. The van der Waals surface area contributed by atoms with Gasteiger partial charge < -0.3 is 4.90 Å². The second-order valence-electron chi connectivity index (χ2n) is 9.93. The number of carbonyl (C=O) groups excluding carboxylic acids is 1. The summed E-state index contributed by atoms with van der Waals surface area (Å²) in [5.41, 5.74) is 1.70. The Morgan fingerprint density at radius 1 is 1.03 bits per heavy atom. The normalized spacial score (nSPS) is 18.6. The molecule has 2 aromatic rings. The van der Waals surface area contributed by atoms with E-state index in [1.807, 2.05) is 15.6 Å². The number of halogens is 3. The highest BCUT2D eigenvalue weighted by Crippen LogP contribution is 2.41. The number of benzene rings is 1. The van der Waals surface area contributed by atoms with Gasteiger partial charge in [-0.3, -0.25) is 14.4 Å². The molecule has 1 saturated heterocycles. The highest BCUT2D eigenvalue weighted by molar-refractivity contribution is 5.92. The zero-order valence-corrected chi connectivity index (χ0v) is 19.0. The topological polar surface area (TPSA) is 41.4 Å². The zero-order valence-electron chi connectivity index (χ0n) is 19.0. The van der Waals surface area contributed by atoms with Gasteiger partial charge in [-0.25, -0.2) is 0 Å². The van der Waals surface area contributed by atoms with Crippen LogP contribution in [0.5, 0.6) is 0 Å². The summed E-state index contributed by atoms with van der Waals surface area (Å²) in [4.78, 5) is 17.3. The SMILES string of the molecule is CC(C)(C)n1nc(C(=O)N2CCCN(Cc3ccc(C(F)(F)F)cc3)CC2)cc1C1CC1. The number of hydrogen-bond acceptors (Lipinski definition) is 3. The third-order valence-corrected chi connectivity index (χ3v) is 6.15. The van der Waals surface area contributed by atoms with E-state index < -0.39 is 11.7 Å². The molecule has 32 heavy (non-hydrogen) atoms.